The van der Waals surface area contributed by atoms with E-state index in [9.17, 15) is 19.2 Å². The number of nitrogens with one attached hydrogen (secondary N) is 1. The van der Waals surface area contributed by atoms with Crippen molar-refractivity contribution in [2.24, 2.45) is 7.05 Å². The molecule has 2 aromatic heterocycles. The summed E-state index contributed by atoms with van der Waals surface area (Å²) in [5.74, 6) is 1.26. The van der Waals surface area contributed by atoms with Crippen molar-refractivity contribution in [1.82, 2.24) is 24.7 Å². The van der Waals surface area contributed by atoms with E-state index < -0.39 is 11.9 Å². The number of anilines is 2. The molecule has 0 aliphatic carbocycles. The lowest BCUT2D eigenvalue weighted by atomic mass is 9.97. The van der Waals surface area contributed by atoms with E-state index in [2.05, 4.69) is 40.0 Å². The van der Waals surface area contributed by atoms with Gasteiger partial charge in [-0.3, -0.25) is 29.4 Å². The van der Waals surface area contributed by atoms with Crippen LogP contribution < -0.4 is 30.1 Å². The summed E-state index contributed by atoms with van der Waals surface area (Å²) in [6.07, 6.45) is 4.05. The Labute approximate surface area is 302 Å². The lowest BCUT2D eigenvalue weighted by Crippen LogP contribution is -2.56. The first-order chi connectivity index (χ1) is 24.9. The summed E-state index contributed by atoms with van der Waals surface area (Å²) < 4.78 is 13.6. The van der Waals surface area contributed by atoms with Crippen LogP contribution in [0.2, 0.25) is 0 Å². The summed E-state index contributed by atoms with van der Waals surface area (Å²) in [6, 6.07) is 11.6. The van der Waals surface area contributed by atoms with E-state index >= 15 is 0 Å². The van der Waals surface area contributed by atoms with Crippen LogP contribution in [-0.4, -0.2) is 96.6 Å². The lowest BCUT2D eigenvalue weighted by Gasteiger charge is -2.45. The molecule has 2 fully saturated rings. The number of benzene rings is 2. The highest BCUT2D eigenvalue weighted by atomic mass is 16.5. The molecule has 3 aliphatic rings. The van der Waals surface area contributed by atoms with Crippen molar-refractivity contribution in [3.8, 4) is 22.6 Å². The molecule has 7 rings (SSSR count). The molecule has 3 aliphatic heterocycles. The van der Waals surface area contributed by atoms with Crippen molar-refractivity contribution >= 4 is 40.0 Å². The first-order valence-electron chi connectivity index (χ1n) is 17.6. The number of ether oxygens (including phenoxy) is 2. The number of hydrogen-bond donors (Lipinski definition) is 1. The first kappa shape index (κ1) is 35.0. The number of piperazine rings is 1. The average Bonchev–Trinajstić information content (AvgIpc) is 3.45. The maximum Gasteiger partial charge on any atom is 0.259 e. The number of nitrogens with zero attached hydrogens (tertiary/aromatic N) is 6. The Hall–Kier alpha value is -5.43. The second kappa shape index (κ2) is 13.6. The number of methoxy groups -OCH3 is 2. The zero-order valence-electron chi connectivity index (χ0n) is 30.7. The quantitative estimate of drug-likeness (QED) is 0.272. The molecule has 272 valence electrons. The van der Waals surface area contributed by atoms with Gasteiger partial charge in [-0.25, -0.2) is 4.98 Å². The van der Waals surface area contributed by atoms with Crippen LogP contribution in [0.5, 0.6) is 11.5 Å². The number of fused-ring (bicyclic) bond motifs is 2. The average molecular weight is 708 g/mol. The predicted molar refractivity (Wildman–Crippen MR) is 199 cm³/mol. The first-order valence-corrected chi connectivity index (χ1v) is 17.6. The van der Waals surface area contributed by atoms with Crippen molar-refractivity contribution in [1.29, 1.82) is 0 Å². The van der Waals surface area contributed by atoms with E-state index in [1.165, 1.54) is 0 Å². The van der Waals surface area contributed by atoms with Gasteiger partial charge in [-0.2, -0.15) is 0 Å². The van der Waals surface area contributed by atoms with Crippen molar-refractivity contribution in [3.63, 3.8) is 0 Å². The highest BCUT2D eigenvalue weighted by molar-refractivity contribution is 6.05. The van der Waals surface area contributed by atoms with Crippen molar-refractivity contribution < 1.29 is 23.9 Å². The molecule has 0 spiro atoms. The predicted octanol–water partition coefficient (Wildman–Crippen LogP) is 3.54. The van der Waals surface area contributed by atoms with Gasteiger partial charge in [-0.1, -0.05) is 6.07 Å². The largest absolute Gasteiger partial charge is 0.496 e. The molecule has 4 aromatic rings. The Kier molecular flexibility index (Phi) is 9.16. The van der Waals surface area contributed by atoms with Crippen LogP contribution in [0.4, 0.5) is 11.5 Å². The number of piperidine rings is 1. The van der Waals surface area contributed by atoms with Crippen molar-refractivity contribution in [2.75, 3.05) is 51.2 Å². The zero-order valence-corrected chi connectivity index (χ0v) is 30.7. The van der Waals surface area contributed by atoms with Crippen molar-refractivity contribution in [2.45, 2.75) is 57.9 Å². The van der Waals surface area contributed by atoms with E-state index in [-0.39, 0.29) is 35.9 Å². The van der Waals surface area contributed by atoms with E-state index in [4.69, 9.17) is 9.47 Å². The summed E-state index contributed by atoms with van der Waals surface area (Å²) in [4.78, 5) is 63.5. The second-order valence-corrected chi connectivity index (χ2v) is 14.3. The minimum absolute atomic E-state index is 0.116. The molecule has 2 saturated heterocycles. The molecule has 0 bridgehead atoms. The highest BCUT2D eigenvalue weighted by Gasteiger charge is 2.40. The van der Waals surface area contributed by atoms with E-state index in [0.29, 0.717) is 42.0 Å². The lowest BCUT2D eigenvalue weighted by molar-refractivity contribution is -0.136. The third-order valence-electron chi connectivity index (χ3n) is 10.7. The molecule has 52 heavy (non-hydrogen) atoms. The molecule has 13 nitrogen and oxygen atoms in total. The number of amides is 3. The molecule has 0 radical (unpaired) electrons. The molecule has 0 saturated carbocycles. The van der Waals surface area contributed by atoms with Gasteiger partial charge in [0.1, 0.15) is 23.4 Å². The molecule has 3 amide bonds. The molecule has 3 atom stereocenters. The Morgan fingerprint density at radius 3 is 2.25 bits per heavy atom. The van der Waals surface area contributed by atoms with E-state index in [1.807, 2.05) is 55.5 Å². The molecular weight excluding hydrogens is 662 g/mol. The SMILES string of the molecule is COc1cc(-c2cn(C)c(=O)c3cnc(N(C)C)cc23)cc(OC)c1CN1[C@H](C)CN(c2ccc3c(c2)C(=O)N(C2CCC(=O)NC2=O)C3)C[C@H]1C. The van der Waals surface area contributed by atoms with Gasteiger partial charge in [-0.05, 0) is 61.7 Å². The van der Waals surface area contributed by atoms with Crippen LogP contribution in [0.3, 0.4) is 0 Å². The number of aromatic nitrogens is 2. The van der Waals surface area contributed by atoms with Crippen LogP contribution in [0.25, 0.3) is 21.9 Å². The number of aryl methyl sites for hydroxylation is 1. The standard InChI is InChI=1S/C39H45N7O6/c1-22-17-44(26-9-8-24-19-46(39(50)27(24)14-26)32-10-11-36(47)41-37(32)48)18-23(2)45(22)21-31-33(51-6)12-25(13-34(31)52-7)30-20-43(5)38(49)29-16-40-35(42(3)4)15-28(29)30/h8-9,12-16,20,22-23,32H,10-11,17-19,21H2,1-7H3,(H,41,47,48)/t22-,23-,32?/m1/s1. The maximum absolute atomic E-state index is 13.5. The number of rotatable bonds is 8. The fraction of sp³-hybridized carbons (Fsp3) is 0.410. The summed E-state index contributed by atoms with van der Waals surface area (Å²) in [6.45, 7) is 6.83. The number of carbonyl (C=O) groups is 3. The Morgan fingerprint density at radius 2 is 1.62 bits per heavy atom. The Balaban J connectivity index is 1.13. The minimum Gasteiger partial charge on any atom is -0.496 e. The molecule has 1 unspecified atom stereocenters. The second-order valence-electron chi connectivity index (χ2n) is 14.3. The molecule has 5 heterocycles. The third kappa shape index (κ3) is 6.12. The number of hydrogen-bond acceptors (Lipinski definition) is 10. The van der Waals surface area contributed by atoms with E-state index in [1.54, 1.807) is 36.9 Å². The monoisotopic (exact) mass is 707 g/mol. The van der Waals surface area contributed by atoms with Crippen molar-refractivity contribution in [3.05, 3.63) is 75.8 Å². The minimum atomic E-state index is -0.637. The molecule has 13 heteroatoms. The van der Waals surface area contributed by atoms with Crippen LogP contribution in [0, 0.1) is 0 Å². The maximum atomic E-state index is 13.5. The number of pyridine rings is 2. The zero-order chi connectivity index (χ0) is 37.0. The summed E-state index contributed by atoms with van der Waals surface area (Å²) >= 11 is 0. The van der Waals surface area contributed by atoms with Crippen LogP contribution >= 0.6 is 0 Å². The van der Waals surface area contributed by atoms with Gasteiger partial charge >= 0.3 is 0 Å². The highest BCUT2D eigenvalue weighted by Crippen LogP contribution is 2.40. The fourth-order valence-corrected chi connectivity index (χ4v) is 7.92. The van der Waals surface area contributed by atoms with E-state index in [0.717, 1.165) is 52.2 Å². The third-order valence-corrected chi connectivity index (χ3v) is 10.7. The molecule has 1 N–H and O–H groups in total. The number of imide groups is 1. The summed E-state index contributed by atoms with van der Waals surface area (Å²) in [7, 11) is 8.91. The van der Waals surface area contributed by atoms with Crippen LogP contribution in [0.15, 0.2) is 53.6 Å². The van der Waals surface area contributed by atoms with Gasteiger partial charge in [-0.15, -0.1) is 0 Å². The van der Waals surface area contributed by atoms with Gasteiger partial charge in [0.2, 0.25) is 11.8 Å². The summed E-state index contributed by atoms with van der Waals surface area (Å²) in [5, 5.41) is 3.71. The fourth-order valence-electron chi connectivity index (χ4n) is 7.92. The van der Waals surface area contributed by atoms with Gasteiger partial charge < -0.3 is 28.7 Å². The van der Waals surface area contributed by atoms with Crippen LogP contribution in [-0.2, 0) is 29.7 Å². The Bertz CT molecular complexity index is 2130. The van der Waals surface area contributed by atoms with Crippen LogP contribution in [0.1, 0.15) is 48.2 Å². The van der Waals surface area contributed by atoms with Gasteiger partial charge in [0, 0.05) is 100 Å². The molecular formula is C39H45N7O6. The molecule has 2 aromatic carbocycles. The van der Waals surface area contributed by atoms with Gasteiger partial charge in [0.25, 0.3) is 11.5 Å². The topological polar surface area (TPSA) is 130 Å². The normalized spacial score (nSPS) is 20.7. The van der Waals surface area contributed by atoms with Gasteiger partial charge in [0.15, 0.2) is 0 Å². The summed E-state index contributed by atoms with van der Waals surface area (Å²) in [5.41, 5.74) is 5.02. The Morgan fingerprint density at radius 1 is 0.923 bits per heavy atom. The van der Waals surface area contributed by atoms with Gasteiger partial charge in [0.05, 0.1) is 25.2 Å². The smallest absolute Gasteiger partial charge is 0.259 e. The number of carbonyl (C=O) groups excluding carboxylic acids is 3.